The molecule has 7 nitrogen and oxygen atoms in total. The van der Waals surface area contributed by atoms with Gasteiger partial charge in [-0.25, -0.2) is 4.68 Å². The van der Waals surface area contributed by atoms with Crippen molar-refractivity contribution in [2.75, 3.05) is 20.2 Å². The number of H-pyrrole nitrogens is 1. The fourth-order valence-corrected chi connectivity index (χ4v) is 4.48. The number of rotatable bonds is 4. The Bertz CT molecular complexity index is 1240. The third-order valence-corrected chi connectivity index (χ3v) is 6.27. The summed E-state index contributed by atoms with van der Waals surface area (Å²) in [4.78, 5) is 18.2. The van der Waals surface area contributed by atoms with Crippen molar-refractivity contribution in [1.82, 2.24) is 24.9 Å². The highest BCUT2D eigenvalue weighted by Gasteiger charge is 2.27. The molecule has 31 heavy (non-hydrogen) atoms. The first-order valence-electron chi connectivity index (χ1n) is 10.3. The Kier molecular flexibility index (Phi) is 5.11. The van der Waals surface area contributed by atoms with Crippen molar-refractivity contribution in [3.8, 4) is 11.4 Å². The minimum atomic E-state index is -0.0997. The average Bonchev–Trinajstić information content (AvgIpc) is 3.46. The van der Waals surface area contributed by atoms with E-state index >= 15 is 0 Å². The van der Waals surface area contributed by atoms with E-state index in [0.29, 0.717) is 35.4 Å². The second-order valence-corrected chi connectivity index (χ2v) is 8.13. The van der Waals surface area contributed by atoms with E-state index in [0.717, 1.165) is 24.1 Å². The molecule has 0 bridgehead atoms. The van der Waals surface area contributed by atoms with E-state index in [4.69, 9.17) is 16.3 Å². The lowest BCUT2D eigenvalue weighted by Crippen LogP contribution is -2.38. The summed E-state index contributed by atoms with van der Waals surface area (Å²) in [6, 6.07) is 13.4. The van der Waals surface area contributed by atoms with Gasteiger partial charge in [0.15, 0.2) is 5.69 Å². The number of ether oxygens (including phenoxy) is 1. The van der Waals surface area contributed by atoms with Gasteiger partial charge < -0.3 is 14.6 Å². The number of aromatic nitrogens is 4. The van der Waals surface area contributed by atoms with Gasteiger partial charge >= 0.3 is 0 Å². The number of nitrogens with one attached hydrogen (secondary N) is 1. The Morgan fingerprint density at radius 1 is 1.19 bits per heavy atom. The van der Waals surface area contributed by atoms with Crippen LogP contribution in [-0.2, 0) is 0 Å². The zero-order chi connectivity index (χ0) is 21.4. The number of carbonyl (C=O) groups is 1. The molecular weight excluding hydrogens is 414 g/mol. The quantitative estimate of drug-likeness (QED) is 0.514. The zero-order valence-corrected chi connectivity index (χ0v) is 17.8. The number of likely N-dealkylation sites (tertiary alicyclic amines) is 1. The van der Waals surface area contributed by atoms with Crippen LogP contribution in [0, 0.1) is 0 Å². The maximum Gasteiger partial charge on any atom is 0.276 e. The van der Waals surface area contributed by atoms with Crippen LogP contribution in [0.25, 0.3) is 16.6 Å². The molecule has 2 aromatic carbocycles. The number of fused-ring (bicyclic) bond motifs is 1. The van der Waals surface area contributed by atoms with Crippen LogP contribution in [0.2, 0.25) is 5.02 Å². The first kappa shape index (κ1) is 19.6. The first-order valence-corrected chi connectivity index (χ1v) is 10.6. The lowest BCUT2D eigenvalue weighted by molar-refractivity contribution is 0.0707. The predicted molar refractivity (Wildman–Crippen MR) is 119 cm³/mol. The molecule has 4 aromatic rings. The number of nitrogens with zero attached hydrogens (tertiary/aromatic N) is 4. The summed E-state index contributed by atoms with van der Waals surface area (Å²) in [6.45, 7) is 1.36. The minimum absolute atomic E-state index is 0.0997. The SMILES string of the molecule is COc1ccc2[nH]cc(C3CCN(C(=O)c4cn(-c5ccccc5Cl)nn4)CC3)c2c1. The van der Waals surface area contributed by atoms with Crippen molar-refractivity contribution < 1.29 is 9.53 Å². The van der Waals surface area contributed by atoms with Crippen molar-refractivity contribution in [2.45, 2.75) is 18.8 Å². The highest BCUT2D eigenvalue weighted by molar-refractivity contribution is 6.32. The largest absolute Gasteiger partial charge is 0.497 e. The first-order chi connectivity index (χ1) is 15.1. The van der Waals surface area contributed by atoms with Gasteiger partial charge in [-0.2, -0.15) is 0 Å². The molecule has 1 amide bonds. The van der Waals surface area contributed by atoms with E-state index in [9.17, 15) is 4.79 Å². The number of benzene rings is 2. The summed E-state index contributed by atoms with van der Waals surface area (Å²) in [5.74, 6) is 1.14. The lowest BCUT2D eigenvalue weighted by Gasteiger charge is -2.31. The van der Waals surface area contributed by atoms with Crippen LogP contribution in [0.5, 0.6) is 5.75 Å². The third-order valence-electron chi connectivity index (χ3n) is 5.95. The number of amides is 1. The topological polar surface area (TPSA) is 76.0 Å². The predicted octanol–water partition coefficient (Wildman–Crippen LogP) is 4.43. The molecule has 158 valence electrons. The van der Waals surface area contributed by atoms with E-state index in [2.05, 4.69) is 27.6 Å². The molecule has 8 heteroatoms. The van der Waals surface area contributed by atoms with Gasteiger partial charge in [-0.1, -0.05) is 28.9 Å². The van der Waals surface area contributed by atoms with Crippen molar-refractivity contribution in [1.29, 1.82) is 0 Å². The van der Waals surface area contributed by atoms with Gasteiger partial charge in [0.2, 0.25) is 0 Å². The highest BCUT2D eigenvalue weighted by Crippen LogP contribution is 2.35. The van der Waals surface area contributed by atoms with Crippen molar-refractivity contribution >= 4 is 28.4 Å². The monoisotopic (exact) mass is 435 g/mol. The maximum absolute atomic E-state index is 13.0. The molecular formula is C23H22ClN5O2. The molecule has 1 aliphatic heterocycles. The van der Waals surface area contributed by atoms with Gasteiger partial charge in [0.05, 0.1) is 24.0 Å². The molecule has 1 saturated heterocycles. The lowest BCUT2D eigenvalue weighted by atomic mass is 9.89. The Morgan fingerprint density at radius 3 is 2.77 bits per heavy atom. The Hall–Kier alpha value is -3.32. The second kappa shape index (κ2) is 8.07. The number of methoxy groups -OCH3 is 1. The molecule has 0 atom stereocenters. The normalized spacial score (nSPS) is 14.8. The number of para-hydroxylation sites is 1. The summed E-state index contributed by atoms with van der Waals surface area (Å²) >= 11 is 6.23. The molecule has 0 radical (unpaired) electrons. The van der Waals surface area contributed by atoms with E-state index < -0.39 is 0 Å². The summed E-state index contributed by atoms with van der Waals surface area (Å²) in [5.41, 5.74) is 3.41. The summed E-state index contributed by atoms with van der Waals surface area (Å²) in [6.07, 6.45) is 5.52. The highest BCUT2D eigenvalue weighted by atomic mass is 35.5. The molecule has 0 unspecified atom stereocenters. The van der Waals surface area contributed by atoms with E-state index in [-0.39, 0.29) is 5.91 Å². The Labute approximate surface area is 184 Å². The van der Waals surface area contributed by atoms with Crippen molar-refractivity contribution in [3.05, 3.63) is 71.1 Å². The van der Waals surface area contributed by atoms with Crippen molar-refractivity contribution in [3.63, 3.8) is 0 Å². The van der Waals surface area contributed by atoms with Crippen LogP contribution in [-0.4, -0.2) is 51.0 Å². The molecule has 2 aromatic heterocycles. The van der Waals surface area contributed by atoms with Gasteiger partial charge in [0, 0.05) is 30.2 Å². The van der Waals surface area contributed by atoms with Gasteiger partial charge in [-0.3, -0.25) is 4.79 Å². The molecule has 0 aliphatic carbocycles. The molecule has 1 fully saturated rings. The van der Waals surface area contributed by atoms with Crippen LogP contribution in [0.1, 0.15) is 34.8 Å². The van der Waals surface area contributed by atoms with Gasteiger partial charge in [-0.05, 0) is 54.7 Å². The molecule has 3 heterocycles. The summed E-state index contributed by atoms with van der Waals surface area (Å²) in [5, 5.41) is 9.91. The van der Waals surface area contributed by atoms with E-state index in [1.165, 1.54) is 10.9 Å². The molecule has 1 N–H and O–H groups in total. The van der Waals surface area contributed by atoms with Gasteiger partial charge in [-0.15, -0.1) is 5.10 Å². The maximum atomic E-state index is 13.0. The molecule has 5 rings (SSSR count). The second-order valence-electron chi connectivity index (χ2n) is 7.72. The standard InChI is InChI=1S/C23H22ClN5O2/c1-31-16-6-7-20-17(12-16)18(13-25-20)15-8-10-28(11-9-15)23(30)21-14-29(27-26-21)22-5-3-2-4-19(22)24/h2-7,12-15,25H,8-11H2,1H3. The number of piperidine rings is 1. The van der Waals surface area contributed by atoms with Crippen LogP contribution in [0.4, 0.5) is 0 Å². The number of aromatic amines is 1. The van der Waals surface area contributed by atoms with Crippen LogP contribution in [0.15, 0.2) is 54.9 Å². The Balaban J connectivity index is 1.29. The van der Waals surface area contributed by atoms with E-state index in [1.54, 1.807) is 24.1 Å². The molecule has 1 aliphatic rings. The number of hydrogen-bond acceptors (Lipinski definition) is 4. The van der Waals surface area contributed by atoms with Crippen LogP contribution in [0.3, 0.4) is 0 Å². The smallest absolute Gasteiger partial charge is 0.276 e. The fraction of sp³-hybridized carbons (Fsp3) is 0.261. The Morgan fingerprint density at radius 2 is 2.00 bits per heavy atom. The number of hydrogen-bond donors (Lipinski definition) is 1. The molecule has 0 spiro atoms. The van der Waals surface area contributed by atoms with Gasteiger partial charge in [0.1, 0.15) is 5.75 Å². The summed E-state index contributed by atoms with van der Waals surface area (Å²) < 4.78 is 6.93. The van der Waals surface area contributed by atoms with Crippen molar-refractivity contribution in [2.24, 2.45) is 0 Å². The third kappa shape index (κ3) is 3.65. The van der Waals surface area contributed by atoms with Gasteiger partial charge in [0.25, 0.3) is 5.91 Å². The van der Waals surface area contributed by atoms with Crippen LogP contribution < -0.4 is 4.74 Å². The summed E-state index contributed by atoms with van der Waals surface area (Å²) in [7, 11) is 1.68. The average molecular weight is 436 g/mol. The van der Waals surface area contributed by atoms with Crippen LogP contribution >= 0.6 is 11.6 Å². The number of halogens is 1. The fourth-order valence-electron chi connectivity index (χ4n) is 4.26. The van der Waals surface area contributed by atoms with E-state index in [1.807, 2.05) is 35.2 Å². The zero-order valence-electron chi connectivity index (χ0n) is 17.1. The minimum Gasteiger partial charge on any atom is -0.497 e. The molecule has 0 saturated carbocycles. The number of carbonyl (C=O) groups excluding carboxylic acids is 1.